The Hall–Kier alpha value is -0.580. The first-order valence-corrected chi connectivity index (χ1v) is 6.61. The fraction of sp³-hybridized carbons (Fsp3) is 0.500. The van der Waals surface area contributed by atoms with Gasteiger partial charge in [-0.1, -0.05) is 25.0 Å². The van der Waals surface area contributed by atoms with Crippen LogP contribution in [0.2, 0.25) is 0 Å². The van der Waals surface area contributed by atoms with E-state index >= 15 is 0 Å². The fourth-order valence-electron chi connectivity index (χ4n) is 1.69. The lowest BCUT2D eigenvalue weighted by Crippen LogP contribution is -2.37. The molecule has 16 heavy (non-hydrogen) atoms. The fourth-order valence-corrected chi connectivity index (χ4v) is 2.69. The predicted octanol–water partition coefficient (Wildman–Crippen LogP) is 2.55. The van der Waals surface area contributed by atoms with Crippen LogP contribution in [0.5, 0.6) is 0 Å². The Morgan fingerprint density at radius 1 is 1.44 bits per heavy atom. The second-order valence-corrected chi connectivity index (χ2v) is 5.35. The molecule has 0 saturated heterocycles. The minimum atomic E-state index is -0.144. The van der Waals surface area contributed by atoms with E-state index < -0.39 is 0 Å². The van der Waals surface area contributed by atoms with Crippen LogP contribution in [0, 0.1) is 11.7 Å². The highest BCUT2D eigenvalue weighted by atomic mass is 32.2. The van der Waals surface area contributed by atoms with E-state index in [1.54, 1.807) is 6.07 Å². The molecule has 0 aliphatic heterocycles. The minimum Gasteiger partial charge on any atom is -0.271 e. The van der Waals surface area contributed by atoms with Gasteiger partial charge in [-0.2, -0.15) is 0 Å². The summed E-state index contributed by atoms with van der Waals surface area (Å²) in [6.45, 7) is 0. The van der Waals surface area contributed by atoms with Crippen molar-refractivity contribution < 1.29 is 4.39 Å². The second-order valence-electron chi connectivity index (χ2n) is 4.28. The summed E-state index contributed by atoms with van der Waals surface area (Å²) in [7, 11) is 0. The Morgan fingerprint density at radius 3 is 2.81 bits per heavy atom. The molecule has 1 aromatic rings. The van der Waals surface area contributed by atoms with Gasteiger partial charge in [-0.3, -0.25) is 11.3 Å². The van der Waals surface area contributed by atoms with Gasteiger partial charge < -0.3 is 0 Å². The molecule has 3 N–H and O–H groups in total. The highest BCUT2D eigenvalue weighted by molar-refractivity contribution is 7.99. The largest absolute Gasteiger partial charge is 0.271 e. The summed E-state index contributed by atoms with van der Waals surface area (Å²) in [4.78, 5) is 0.707. The van der Waals surface area contributed by atoms with Crippen molar-refractivity contribution in [3.05, 3.63) is 30.1 Å². The summed E-state index contributed by atoms with van der Waals surface area (Å²) in [5, 5.41) is 0. The normalized spacial score (nSPS) is 17.4. The van der Waals surface area contributed by atoms with Gasteiger partial charge >= 0.3 is 0 Å². The molecule has 1 aliphatic carbocycles. The van der Waals surface area contributed by atoms with Gasteiger partial charge in [-0.05, 0) is 24.5 Å². The van der Waals surface area contributed by atoms with Crippen LogP contribution >= 0.6 is 11.8 Å². The third-order valence-corrected chi connectivity index (χ3v) is 4.04. The molecule has 1 atom stereocenters. The lowest BCUT2D eigenvalue weighted by Gasteiger charge is -2.14. The number of benzene rings is 1. The summed E-state index contributed by atoms with van der Waals surface area (Å²) in [6, 6.07) is 7.16. The Bertz CT molecular complexity index is 342. The summed E-state index contributed by atoms with van der Waals surface area (Å²) in [5.41, 5.74) is 2.82. The van der Waals surface area contributed by atoms with Gasteiger partial charge in [0.05, 0.1) is 0 Å². The van der Waals surface area contributed by atoms with Gasteiger partial charge in [0, 0.05) is 16.7 Å². The molecular weight excluding hydrogens is 223 g/mol. The molecule has 88 valence electrons. The number of hydrogen-bond donors (Lipinski definition) is 2. The van der Waals surface area contributed by atoms with Crippen molar-refractivity contribution in [3.8, 4) is 0 Å². The maximum atomic E-state index is 13.3. The Kier molecular flexibility index (Phi) is 4.21. The van der Waals surface area contributed by atoms with E-state index in [1.165, 1.54) is 30.7 Å². The molecule has 0 spiro atoms. The number of rotatable bonds is 6. The molecular formula is C12H17FN2S. The Morgan fingerprint density at radius 2 is 2.19 bits per heavy atom. The van der Waals surface area contributed by atoms with Gasteiger partial charge in [0.1, 0.15) is 5.82 Å². The third-order valence-electron chi connectivity index (χ3n) is 2.83. The standard InChI is InChI=1S/C12H17FN2S/c13-11-3-1-2-4-12(11)16-8-10(15-14)7-9-5-6-9/h1-4,9-10,15H,5-8,14H2. The molecule has 0 aromatic heterocycles. The molecule has 2 nitrogen and oxygen atoms in total. The van der Waals surface area contributed by atoms with Crippen molar-refractivity contribution in [2.24, 2.45) is 11.8 Å². The quantitative estimate of drug-likeness (QED) is 0.456. The first-order valence-electron chi connectivity index (χ1n) is 5.63. The zero-order valence-corrected chi connectivity index (χ0v) is 9.97. The van der Waals surface area contributed by atoms with E-state index in [1.807, 2.05) is 12.1 Å². The number of nitrogens with two attached hydrogens (primary N) is 1. The number of halogens is 1. The topological polar surface area (TPSA) is 38.0 Å². The molecule has 1 fully saturated rings. The molecule has 1 saturated carbocycles. The number of nitrogens with one attached hydrogen (secondary N) is 1. The molecule has 0 bridgehead atoms. The lowest BCUT2D eigenvalue weighted by atomic mass is 10.2. The molecule has 4 heteroatoms. The molecule has 0 heterocycles. The van der Waals surface area contributed by atoms with E-state index in [9.17, 15) is 4.39 Å². The second kappa shape index (κ2) is 5.66. The van der Waals surface area contributed by atoms with Crippen molar-refractivity contribution in [3.63, 3.8) is 0 Å². The van der Waals surface area contributed by atoms with Crippen LogP contribution in [-0.4, -0.2) is 11.8 Å². The molecule has 1 unspecified atom stereocenters. The van der Waals surface area contributed by atoms with Crippen LogP contribution in [0.3, 0.4) is 0 Å². The van der Waals surface area contributed by atoms with Gasteiger partial charge in [-0.25, -0.2) is 4.39 Å². The number of thioether (sulfide) groups is 1. The Balaban J connectivity index is 1.82. The van der Waals surface area contributed by atoms with Crippen LogP contribution in [0.4, 0.5) is 4.39 Å². The molecule has 0 radical (unpaired) electrons. The summed E-state index contributed by atoms with van der Waals surface area (Å²) in [6.07, 6.45) is 3.75. The van der Waals surface area contributed by atoms with Crippen molar-refractivity contribution in [2.75, 3.05) is 5.75 Å². The highest BCUT2D eigenvalue weighted by Crippen LogP contribution is 2.34. The van der Waals surface area contributed by atoms with Crippen molar-refractivity contribution in [2.45, 2.75) is 30.2 Å². The Labute approximate surface area is 99.8 Å². The van der Waals surface area contributed by atoms with Crippen LogP contribution in [0.1, 0.15) is 19.3 Å². The summed E-state index contributed by atoms with van der Waals surface area (Å²) >= 11 is 1.53. The van der Waals surface area contributed by atoms with E-state index in [-0.39, 0.29) is 11.9 Å². The van der Waals surface area contributed by atoms with Crippen LogP contribution in [0.25, 0.3) is 0 Å². The number of hydrogen-bond acceptors (Lipinski definition) is 3. The van der Waals surface area contributed by atoms with Crippen LogP contribution < -0.4 is 11.3 Å². The van der Waals surface area contributed by atoms with Gasteiger partial charge in [0.25, 0.3) is 0 Å². The van der Waals surface area contributed by atoms with E-state index in [2.05, 4.69) is 5.43 Å². The smallest absolute Gasteiger partial charge is 0.136 e. The average molecular weight is 240 g/mol. The number of hydrazine groups is 1. The van der Waals surface area contributed by atoms with Gasteiger partial charge in [0.15, 0.2) is 0 Å². The van der Waals surface area contributed by atoms with Crippen LogP contribution in [-0.2, 0) is 0 Å². The highest BCUT2D eigenvalue weighted by Gasteiger charge is 2.25. The van der Waals surface area contributed by atoms with E-state index in [4.69, 9.17) is 5.84 Å². The summed E-state index contributed by atoms with van der Waals surface area (Å²) < 4.78 is 13.3. The zero-order chi connectivity index (χ0) is 11.4. The molecule has 0 amide bonds. The summed E-state index contributed by atoms with van der Waals surface area (Å²) in [5.74, 6) is 7.01. The third kappa shape index (κ3) is 3.47. The minimum absolute atomic E-state index is 0.144. The first-order chi connectivity index (χ1) is 7.79. The SMILES string of the molecule is NNC(CSc1ccccc1F)CC1CC1. The maximum Gasteiger partial charge on any atom is 0.136 e. The zero-order valence-electron chi connectivity index (χ0n) is 9.16. The van der Waals surface area contributed by atoms with E-state index in [0.717, 1.165) is 18.1 Å². The first kappa shape index (κ1) is 11.9. The van der Waals surface area contributed by atoms with Gasteiger partial charge in [0.2, 0.25) is 0 Å². The maximum absolute atomic E-state index is 13.3. The lowest BCUT2D eigenvalue weighted by molar-refractivity contribution is 0.508. The molecule has 1 aromatic carbocycles. The average Bonchev–Trinajstić information content (AvgIpc) is 3.10. The van der Waals surface area contributed by atoms with Crippen molar-refractivity contribution in [1.82, 2.24) is 5.43 Å². The monoisotopic (exact) mass is 240 g/mol. The van der Waals surface area contributed by atoms with Crippen molar-refractivity contribution in [1.29, 1.82) is 0 Å². The van der Waals surface area contributed by atoms with Gasteiger partial charge in [-0.15, -0.1) is 11.8 Å². The van der Waals surface area contributed by atoms with Crippen molar-refractivity contribution >= 4 is 11.8 Å². The molecule has 2 rings (SSSR count). The van der Waals surface area contributed by atoms with E-state index in [0.29, 0.717) is 4.90 Å². The predicted molar refractivity (Wildman–Crippen MR) is 65.6 cm³/mol. The molecule has 1 aliphatic rings. The van der Waals surface area contributed by atoms with Crippen LogP contribution in [0.15, 0.2) is 29.2 Å².